The number of likely N-dealkylation sites (tertiary alicyclic amines) is 1. The average molecular weight is 507 g/mol. The van der Waals surface area contributed by atoms with Crippen molar-refractivity contribution in [3.63, 3.8) is 0 Å². The van der Waals surface area contributed by atoms with Crippen LogP contribution in [0.25, 0.3) is 50.5 Å². The van der Waals surface area contributed by atoms with E-state index in [1.165, 1.54) is 12.8 Å². The number of nitrogens with zero attached hydrogens (tertiary/aromatic N) is 8. The van der Waals surface area contributed by atoms with Crippen molar-refractivity contribution >= 4 is 21.9 Å². The molecule has 0 amide bonds. The van der Waals surface area contributed by atoms with Crippen LogP contribution in [0.15, 0.2) is 55.5 Å². The summed E-state index contributed by atoms with van der Waals surface area (Å²) in [6.07, 6.45) is 13.3. The Morgan fingerprint density at radius 3 is 2.82 bits per heavy atom. The summed E-state index contributed by atoms with van der Waals surface area (Å²) in [4.78, 5) is 28.6. The Labute approximate surface area is 218 Å². The molecule has 11 nitrogen and oxygen atoms in total. The SMILES string of the molecule is Cc1cn(-c2nccc3[nH]c(-c4n[nH]c5cnc(-c6cncc(OCCN7CCCC7)c6)cc45)nc23)cn1. The molecule has 0 bridgehead atoms. The molecule has 1 saturated heterocycles. The van der Waals surface area contributed by atoms with Crippen LogP contribution in [-0.4, -0.2) is 75.8 Å². The second-order valence-electron chi connectivity index (χ2n) is 9.53. The van der Waals surface area contributed by atoms with Gasteiger partial charge in [0.2, 0.25) is 0 Å². The molecule has 0 aliphatic carbocycles. The first-order valence-electron chi connectivity index (χ1n) is 12.7. The maximum absolute atomic E-state index is 6.00. The van der Waals surface area contributed by atoms with Crippen molar-refractivity contribution < 1.29 is 4.74 Å². The number of fused-ring (bicyclic) bond motifs is 2. The third kappa shape index (κ3) is 4.16. The van der Waals surface area contributed by atoms with Crippen LogP contribution >= 0.6 is 0 Å². The quantitative estimate of drug-likeness (QED) is 0.334. The van der Waals surface area contributed by atoms with Crippen LogP contribution in [0.4, 0.5) is 0 Å². The highest BCUT2D eigenvalue weighted by Crippen LogP contribution is 2.30. The first kappa shape index (κ1) is 22.5. The van der Waals surface area contributed by atoms with Crippen molar-refractivity contribution in [2.24, 2.45) is 0 Å². The first-order valence-corrected chi connectivity index (χ1v) is 12.7. The zero-order chi connectivity index (χ0) is 25.5. The Bertz CT molecular complexity index is 1740. The number of aryl methyl sites for hydroxylation is 1. The fourth-order valence-electron chi connectivity index (χ4n) is 4.95. The van der Waals surface area contributed by atoms with Gasteiger partial charge in [-0.05, 0) is 51.1 Å². The summed E-state index contributed by atoms with van der Waals surface area (Å²) in [5.74, 6) is 2.09. The van der Waals surface area contributed by atoms with E-state index in [2.05, 4.69) is 40.0 Å². The summed E-state index contributed by atoms with van der Waals surface area (Å²) in [5, 5.41) is 8.54. The summed E-state index contributed by atoms with van der Waals surface area (Å²) in [6.45, 7) is 5.84. The van der Waals surface area contributed by atoms with Crippen LogP contribution in [0.5, 0.6) is 5.75 Å². The van der Waals surface area contributed by atoms with E-state index in [0.29, 0.717) is 23.9 Å². The van der Waals surface area contributed by atoms with Gasteiger partial charge < -0.3 is 9.72 Å². The van der Waals surface area contributed by atoms with Crippen molar-refractivity contribution in [1.82, 2.24) is 49.6 Å². The molecule has 0 radical (unpaired) electrons. The number of ether oxygens (including phenoxy) is 1. The van der Waals surface area contributed by atoms with E-state index < -0.39 is 0 Å². The number of nitrogens with one attached hydrogen (secondary N) is 2. The molecule has 1 aliphatic heterocycles. The molecule has 0 saturated carbocycles. The van der Waals surface area contributed by atoms with Gasteiger partial charge in [-0.2, -0.15) is 5.10 Å². The molecule has 7 rings (SSSR count). The molecule has 0 aromatic carbocycles. The number of hydrogen-bond acceptors (Lipinski definition) is 8. The minimum atomic E-state index is 0.644. The van der Waals surface area contributed by atoms with Gasteiger partial charge in [0.05, 0.1) is 34.8 Å². The van der Waals surface area contributed by atoms with Crippen molar-refractivity contribution in [1.29, 1.82) is 0 Å². The molecular weight excluding hydrogens is 480 g/mol. The average Bonchev–Trinajstić information content (AvgIpc) is 3.74. The Morgan fingerprint density at radius 2 is 1.95 bits per heavy atom. The predicted octanol–water partition coefficient (Wildman–Crippen LogP) is 3.93. The van der Waals surface area contributed by atoms with Gasteiger partial charge in [-0.25, -0.2) is 15.0 Å². The van der Waals surface area contributed by atoms with Gasteiger partial charge in [0.15, 0.2) is 11.6 Å². The Hall–Kier alpha value is -4.64. The molecule has 1 aliphatic rings. The molecule has 190 valence electrons. The van der Waals surface area contributed by atoms with Gasteiger partial charge in [0.1, 0.15) is 29.9 Å². The molecule has 11 heteroatoms. The fraction of sp³-hybridized carbons (Fsp3) is 0.259. The van der Waals surface area contributed by atoms with E-state index in [-0.39, 0.29) is 0 Å². The highest BCUT2D eigenvalue weighted by atomic mass is 16.5. The van der Waals surface area contributed by atoms with Gasteiger partial charge in [0, 0.05) is 36.1 Å². The van der Waals surface area contributed by atoms with Gasteiger partial charge in [-0.15, -0.1) is 0 Å². The lowest BCUT2D eigenvalue weighted by Gasteiger charge is -2.15. The van der Waals surface area contributed by atoms with Gasteiger partial charge >= 0.3 is 0 Å². The molecule has 6 aromatic rings. The van der Waals surface area contributed by atoms with E-state index in [4.69, 9.17) is 9.72 Å². The van der Waals surface area contributed by atoms with E-state index >= 15 is 0 Å². The Balaban J connectivity index is 1.20. The summed E-state index contributed by atoms with van der Waals surface area (Å²) in [6, 6.07) is 5.89. The minimum absolute atomic E-state index is 0.644. The highest BCUT2D eigenvalue weighted by molar-refractivity contribution is 5.95. The molecule has 2 N–H and O–H groups in total. The lowest BCUT2D eigenvalue weighted by molar-refractivity contribution is 0.237. The second-order valence-corrected chi connectivity index (χ2v) is 9.53. The number of H-pyrrole nitrogens is 2. The number of hydrogen-bond donors (Lipinski definition) is 2. The summed E-state index contributed by atoms with van der Waals surface area (Å²) in [7, 11) is 0. The van der Waals surface area contributed by atoms with Crippen molar-refractivity contribution in [2.75, 3.05) is 26.2 Å². The van der Waals surface area contributed by atoms with Gasteiger partial charge in [0.25, 0.3) is 0 Å². The van der Waals surface area contributed by atoms with E-state index in [0.717, 1.165) is 64.3 Å². The van der Waals surface area contributed by atoms with Crippen LogP contribution in [0, 0.1) is 6.92 Å². The Kier molecular flexibility index (Phi) is 5.54. The van der Waals surface area contributed by atoms with Crippen LogP contribution < -0.4 is 4.74 Å². The third-order valence-electron chi connectivity index (χ3n) is 6.89. The number of rotatable bonds is 7. The number of imidazole rings is 2. The van der Waals surface area contributed by atoms with Crippen molar-refractivity contribution in [2.45, 2.75) is 19.8 Å². The highest BCUT2D eigenvalue weighted by Gasteiger charge is 2.17. The number of aromatic nitrogens is 9. The molecule has 0 unspecified atom stereocenters. The molecule has 0 spiro atoms. The number of aromatic amines is 2. The fourth-order valence-corrected chi connectivity index (χ4v) is 4.95. The zero-order valence-electron chi connectivity index (χ0n) is 20.9. The molecule has 1 fully saturated rings. The van der Waals surface area contributed by atoms with Gasteiger partial charge in [-0.1, -0.05) is 0 Å². The molecule has 6 aromatic heterocycles. The molecule has 7 heterocycles. The summed E-state index contributed by atoms with van der Waals surface area (Å²) in [5.41, 5.74) is 5.71. The second kappa shape index (κ2) is 9.34. The number of pyridine rings is 3. The zero-order valence-corrected chi connectivity index (χ0v) is 20.9. The van der Waals surface area contributed by atoms with E-state index in [9.17, 15) is 0 Å². The van der Waals surface area contributed by atoms with Crippen molar-refractivity contribution in [3.05, 3.63) is 61.2 Å². The van der Waals surface area contributed by atoms with Crippen LogP contribution in [0.2, 0.25) is 0 Å². The van der Waals surface area contributed by atoms with Crippen molar-refractivity contribution in [3.8, 4) is 34.3 Å². The third-order valence-corrected chi connectivity index (χ3v) is 6.89. The maximum Gasteiger partial charge on any atom is 0.166 e. The monoisotopic (exact) mass is 506 g/mol. The van der Waals surface area contributed by atoms with Crippen LogP contribution in [-0.2, 0) is 0 Å². The normalized spacial score (nSPS) is 14.1. The van der Waals surface area contributed by atoms with Crippen LogP contribution in [0.3, 0.4) is 0 Å². The smallest absolute Gasteiger partial charge is 0.166 e. The lowest BCUT2D eigenvalue weighted by Crippen LogP contribution is -2.25. The predicted molar refractivity (Wildman–Crippen MR) is 143 cm³/mol. The van der Waals surface area contributed by atoms with Crippen LogP contribution in [0.1, 0.15) is 18.5 Å². The molecule has 38 heavy (non-hydrogen) atoms. The minimum Gasteiger partial charge on any atom is -0.491 e. The first-order chi connectivity index (χ1) is 18.7. The van der Waals surface area contributed by atoms with E-state index in [1.807, 2.05) is 35.9 Å². The standard InChI is InChI=1S/C27H26N10O/c1-17-15-37(16-31-17)27-25-21(4-5-29-27)32-26(33-25)24-20-11-22(30-14-23(20)34-35-24)18-10-19(13-28-12-18)38-9-8-36-6-2-3-7-36/h4-5,10-16H,2-3,6-9H2,1H3,(H,32,33)(H,34,35). The topological polar surface area (TPSA) is 126 Å². The molecule has 0 atom stereocenters. The Morgan fingerprint density at radius 1 is 1.03 bits per heavy atom. The summed E-state index contributed by atoms with van der Waals surface area (Å²) < 4.78 is 7.88. The maximum atomic E-state index is 6.00. The summed E-state index contributed by atoms with van der Waals surface area (Å²) >= 11 is 0. The van der Waals surface area contributed by atoms with Gasteiger partial charge in [-0.3, -0.25) is 24.5 Å². The lowest BCUT2D eigenvalue weighted by atomic mass is 10.1. The molecular formula is C27H26N10O. The largest absolute Gasteiger partial charge is 0.491 e. The van der Waals surface area contributed by atoms with E-state index in [1.54, 1.807) is 31.1 Å².